The Kier molecular flexibility index (Phi) is 4.43. The van der Waals surface area contributed by atoms with Crippen molar-refractivity contribution in [2.45, 2.75) is 17.9 Å². The molecule has 8 heteroatoms. The molecule has 0 heterocycles. The van der Waals surface area contributed by atoms with Crippen LogP contribution in [-0.4, -0.2) is 13.3 Å². The topological polar surface area (TPSA) is 115 Å². The maximum atomic E-state index is 12.2. The minimum Gasteiger partial charge on any atom is -0.324 e. The number of hydrogen-bond acceptors (Lipinski definition) is 5. The molecule has 0 bridgehead atoms. The minimum absolute atomic E-state index is 0.0469. The van der Waals surface area contributed by atoms with Gasteiger partial charge >= 0.3 is 0 Å². The lowest BCUT2D eigenvalue weighted by Crippen LogP contribution is -2.13. The van der Waals surface area contributed by atoms with Gasteiger partial charge in [0.05, 0.1) is 9.82 Å². The summed E-state index contributed by atoms with van der Waals surface area (Å²) in [5, 5.41) is 10.6. The minimum atomic E-state index is -3.79. The molecule has 2 rings (SSSR count). The first-order chi connectivity index (χ1) is 10.3. The van der Waals surface area contributed by atoms with Crippen LogP contribution in [0.5, 0.6) is 0 Å². The highest BCUT2D eigenvalue weighted by molar-refractivity contribution is 7.92. The SMILES string of the molecule is CC(N)c1ccc(NS(=O)(=O)c2ccc([N+](=O)[O-])cc2)cc1. The van der Waals surface area contributed by atoms with Crippen LogP contribution >= 0.6 is 0 Å². The number of rotatable bonds is 5. The van der Waals surface area contributed by atoms with Crippen molar-refractivity contribution in [3.05, 3.63) is 64.2 Å². The number of sulfonamides is 1. The van der Waals surface area contributed by atoms with Crippen molar-refractivity contribution in [2.75, 3.05) is 4.72 Å². The van der Waals surface area contributed by atoms with Crippen molar-refractivity contribution in [2.24, 2.45) is 5.73 Å². The molecule has 7 nitrogen and oxygen atoms in total. The standard InChI is InChI=1S/C14H15N3O4S/c1-10(15)11-2-4-12(5-3-11)16-22(20,21)14-8-6-13(7-9-14)17(18)19/h2-10,16H,15H2,1H3. The monoisotopic (exact) mass is 321 g/mol. The van der Waals surface area contributed by atoms with E-state index in [1.54, 1.807) is 24.3 Å². The molecule has 3 N–H and O–H groups in total. The fourth-order valence-electron chi connectivity index (χ4n) is 1.82. The van der Waals surface area contributed by atoms with Crippen molar-refractivity contribution in [3.63, 3.8) is 0 Å². The molecule has 0 aromatic heterocycles. The van der Waals surface area contributed by atoms with Gasteiger partial charge in [0.1, 0.15) is 0 Å². The smallest absolute Gasteiger partial charge is 0.269 e. The van der Waals surface area contributed by atoms with Gasteiger partial charge in [-0.1, -0.05) is 12.1 Å². The lowest BCUT2D eigenvalue weighted by Gasteiger charge is -2.10. The van der Waals surface area contributed by atoms with Gasteiger partial charge in [0.15, 0.2) is 0 Å². The Hall–Kier alpha value is -2.45. The predicted octanol–water partition coefficient (Wildman–Crippen LogP) is 2.42. The third kappa shape index (κ3) is 3.60. The number of hydrogen-bond donors (Lipinski definition) is 2. The van der Waals surface area contributed by atoms with E-state index in [2.05, 4.69) is 4.72 Å². The second kappa shape index (κ2) is 6.12. The third-order valence-electron chi connectivity index (χ3n) is 3.05. The van der Waals surface area contributed by atoms with Gasteiger partial charge in [0, 0.05) is 23.9 Å². The molecule has 0 saturated carbocycles. The summed E-state index contributed by atoms with van der Waals surface area (Å²) in [5.74, 6) is 0. The number of benzene rings is 2. The van der Waals surface area contributed by atoms with E-state index in [-0.39, 0.29) is 16.6 Å². The maximum Gasteiger partial charge on any atom is 0.269 e. The number of non-ortho nitro benzene ring substituents is 1. The second-order valence-electron chi connectivity index (χ2n) is 4.77. The summed E-state index contributed by atoms with van der Waals surface area (Å²) in [6.45, 7) is 1.83. The highest BCUT2D eigenvalue weighted by Crippen LogP contribution is 2.20. The molecule has 0 radical (unpaired) electrons. The van der Waals surface area contributed by atoms with E-state index in [4.69, 9.17) is 5.73 Å². The zero-order valence-corrected chi connectivity index (χ0v) is 12.6. The molecule has 0 fully saturated rings. The molecule has 0 amide bonds. The summed E-state index contributed by atoms with van der Waals surface area (Å²) in [7, 11) is -3.79. The van der Waals surface area contributed by atoms with Crippen LogP contribution in [0.25, 0.3) is 0 Å². The van der Waals surface area contributed by atoms with E-state index in [0.717, 1.165) is 17.7 Å². The van der Waals surface area contributed by atoms with Gasteiger partial charge < -0.3 is 5.73 Å². The Labute approximate surface area is 128 Å². The number of nitrogens with one attached hydrogen (secondary N) is 1. The fraction of sp³-hybridized carbons (Fsp3) is 0.143. The third-order valence-corrected chi connectivity index (χ3v) is 4.44. The van der Waals surface area contributed by atoms with Crippen LogP contribution in [0.2, 0.25) is 0 Å². The molecule has 22 heavy (non-hydrogen) atoms. The second-order valence-corrected chi connectivity index (χ2v) is 6.45. The van der Waals surface area contributed by atoms with Crippen LogP contribution < -0.4 is 10.5 Å². The largest absolute Gasteiger partial charge is 0.324 e. The molecule has 2 aromatic rings. The van der Waals surface area contributed by atoms with Crippen molar-refractivity contribution in [1.82, 2.24) is 0 Å². The molecule has 0 aliphatic rings. The molecule has 0 aliphatic heterocycles. The van der Waals surface area contributed by atoms with Crippen LogP contribution in [0, 0.1) is 10.1 Å². The maximum absolute atomic E-state index is 12.2. The van der Waals surface area contributed by atoms with Gasteiger partial charge in [0.2, 0.25) is 0 Å². The summed E-state index contributed by atoms with van der Waals surface area (Å²) in [6.07, 6.45) is 0. The summed E-state index contributed by atoms with van der Waals surface area (Å²) < 4.78 is 26.8. The van der Waals surface area contributed by atoms with Gasteiger partial charge in [-0.3, -0.25) is 14.8 Å². The summed E-state index contributed by atoms with van der Waals surface area (Å²) in [5.41, 5.74) is 6.84. The first-order valence-electron chi connectivity index (χ1n) is 6.42. The average molecular weight is 321 g/mol. The van der Waals surface area contributed by atoms with Crippen LogP contribution in [0.15, 0.2) is 53.4 Å². The zero-order chi connectivity index (χ0) is 16.3. The summed E-state index contributed by atoms with van der Waals surface area (Å²) in [6, 6.07) is 11.2. The van der Waals surface area contributed by atoms with E-state index in [1.165, 1.54) is 12.1 Å². The number of nitrogens with two attached hydrogens (primary N) is 1. The van der Waals surface area contributed by atoms with Crippen molar-refractivity contribution >= 4 is 21.4 Å². The molecule has 1 unspecified atom stereocenters. The van der Waals surface area contributed by atoms with Crippen molar-refractivity contribution in [1.29, 1.82) is 0 Å². The number of nitrogens with zero attached hydrogens (tertiary/aromatic N) is 1. The highest BCUT2D eigenvalue weighted by atomic mass is 32.2. The van der Waals surface area contributed by atoms with E-state index in [1.807, 2.05) is 6.92 Å². The molecule has 0 saturated heterocycles. The fourth-order valence-corrected chi connectivity index (χ4v) is 2.87. The Morgan fingerprint density at radius 2 is 1.64 bits per heavy atom. The van der Waals surface area contributed by atoms with Gasteiger partial charge in [-0.2, -0.15) is 0 Å². The van der Waals surface area contributed by atoms with Gasteiger partial charge in [0.25, 0.3) is 15.7 Å². The molecule has 1 atom stereocenters. The predicted molar refractivity (Wildman–Crippen MR) is 82.9 cm³/mol. The van der Waals surface area contributed by atoms with Crippen LogP contribution in [0.3, 0.4) is 0 Å². The molecular weight excluding hydrogens is 306 g/mol. The highest BCUT2D eigenvalue weighted by Gasteiger charge is 2.16. The van der Waals surface area contributed by atoms with E-state index in [0.29, 0.717) is 5.69 Å². The lowest BCUT2D eigenvalue weighted by molar-refractivity contribution is -0.384. The Morgan fingerprint density at radius 1 is 1.09 bits per heavy atom. The van der Waals surface area contributed by atoms with Crippen LogP contribution in [0.1, 0.15) is 18.5 Å². The molecule has 2 aromatic carbocycles. The summed E-state index contributed by atoms with van der Waals surface area (Å²) in [4.78, 5) is 9.94. The lowest BCUT2D eigenvalue weighted by atomic mass is 10.1. The molecule has 116 valence electrons. The van der Waals surface area contributed by atoms with Gasteiger partial charge in [-0.05, 0) is 36.8 Å². The molecule has 0 spiro atoms. The Morgan fingerprint density at radius 3 is 2.09 bits per heavy atom. The summed E-state index contributed by atoms with van der Waals surface area (Å²) >= 11 is 0. The van der Waals surface area contributed by atoms with E-state index < -0.39 is 14.9 Å². The normalized spacial score (nSPS) is 12.6. The van der Waals surface area contributed by atoms with Crippen molar-refractivity contribution < 1.29 is 13.3 Å². The van der Waals surface area contributed by atoms with E-state index in [9.17, 15) is 18.5 Å². The van der Waals surface area contributed by atoms with Crippen LogP contribution in [-0.2, 0) is 10.0 Å². The average Bonchev–Trinajstić information content (AvgIpc) is 2.47. The quantitative estimate of drug-likeness (QED) is 0.648. The zero-order valence-electron chi connectivity index (χ0n) is 11.8. The number of nitro benzene ring substituents is 1. The number of nitro groups is 1. The molecular formula is C14H15N3O4S. The van der Waals surface area contributed by atoms with E-state index >= 15 is 0 Å². The first kappa shape index (κ1) is 15.9. The Balaban J connectivity index is 2.21. The van der Waals surface area contributed by atoms with Gasteiger partial charge in [-0.15, -0.1) is 0 Å². The van der Waals surface area contributed by atoms with Crippen LogP contribution in [0.4, 0.5) is 11.4 Å². The Bertz CT molecular complexity index is 769. The van der Waals surface area contributed by atoms with Crippen molar-refractivity contribution in [3.8, 4) is 0 Å². The first-order valence-corrected chi connectivity index (χ1v) is 7.91. The molecule has 0 aliphatic carbocycles. The number of anilines is 1. The van der Waals surface area contributed by atoms with Gasteiger partial charge in [-0.25, -0.2) is 8.42 Å².